The molecule has 1 unspecified atom stereocenters. The van der Waals surface area contributed by atoms with E-state index in [4.69, 9.17) is 0 Å². The molecule has 0 aliphatic carbocycles. The van der Waals surface area contributed by atoms with Crippen LogP contribution in [0.25, 0.3) is 0 Å². The zero-order valence-electron chi connectivity index (χ0n) is 14.3. The number of aliphatic imine (C=N–C) groups is 1. The Labute approximate surface area is 131 Å². The Morgan fingerprint density at radius 1 is 0.952 bits per heavy atom. The molecule has 124 valence electrons. The number of amidine groups is 1. The molecule has 1 aliphatic rings. The Hall–Kier alpha value is -0.570. The summed E-state index contributed by atoms with van der Waals surface area (Å²) in [6, 6.07) is 0. The third kappa shape index (κ3) is 7.85. The summed E-state index contributed by atoms with van der Waals surface area (Å²) < 4.78 is 0. The Kier molecular flexibility index (Phi) is 10.6. The molecule has 1 N–H and O–H groups in total. The molecule has 0 fully saturated rings. The van der Waals surface area contributed by atoms with E-state index in [1.807, 2.05) is 0 Å². The first kappa shape index (κ1) is 18.5. The molecule has 0 aromatic heterocycles. The van der Waals surface area contributed by atoms with Crippen molar-refractivity contribution in [3.8, 4) is 0 Å². The van der Waals surface area contributed by atoms with Crippen molar-refractivity contribution in [2.45, 2.75) is 97.1 Å². The molecule has 0 saturated heterocycles. The largest absolute Gasteiger partial charge is 0.374 e. The van der Waals surface area contributed by atoms with Gasteiger partial charge in [0, 0.05) is 13.0 Å². The molecule has 0 bridgehead atoms. The molecular weight excluding hydrogens is 260 g/mol. The standard InChI is InChI=1S/C18H36N2O/c1-3-5-6-7-8-9-10-11-12-14-17-19-15-16-20(17)18(21)13-4-2/h18,21H,3-16H2,1-2H3. The maximum absolute atomic E-state index is 10.1. The van der Waals surface area contributed by atoms with Crippen molar-refractivity contribution in [2.24, 2.45) is 4.99 Å². The fraction of sp³-hybridized carbons (Fsp3) is 0.944. The molecule has 3 heteroatoms. The van der Waals surface area contributed by atoms with Gasteiger partial charge in [-0.15, -0.1) is 0 Å². The Bertz CT molecular complexity index is 278. The van der Waals surface area contributed by atoms with Crippen LogP contribution in [-0.2, 0) is 0 Å². The van der Waals surface area contributed by atoms with E-state index in [2.05, 4.69) is 23.7 Å². The van der Waals surface area contributed by atoms with Crippen LogP contribution in [0.4, 0.5) is 0 Å². The number of rotatable bonds is 13. The van der Waals surface area contributed by atoms with Crippen LogP contribution in [0.3, 0.4) is 0 Å². The van der Waals surface area contributed by atoms with Crippen molar-refractivity contribution in [1.82, 2.24) is 4.90 Å². The molecule has 1 aliphatic heterocycles. The van der Waals surface area contributed by atoms with E-state index in [1.165, 1.54) is 57.8 Å². The normalized spacial score (nSPS) is 16.3. The van der Waals surface area contributed by atoms with Gasteiger partial charge in [-0.25, -0.2) is 0 Å². The summed E-state index contributed by atoms with van der Waals surface area (Å²) in [6.45, 7) is 6.17. The first-order chi connectivity index (χ1) is 10.3. The minimum atomic E-state index is -0.310. The minimum Gasteiger partial charge on any atom is -0.374 e. The fourth-order valence-corrected chi connectivity index (χ4v) is 3.06. The molecular formula is C18H36N2O. The van der Waals surface area contributed by atoms with Crippen LogP contribution >= 0.6 is 0 Å². The fourth-order valence-electron chi connectivity index (χ4n) is 3.06. The third-order valence-corrected chi connectivity index (χ3v) is 4.38. The summed E-state index contributed by atoms with van der Waals surface area (Å²) in [7, 11) is 0. The lowest BCUT2D eigenvalue weighted by Crippen LogP contribution is -2.37. The highest BCUT2D eigenvalue weighted by molar-refractivity contribution is 5.83. The summed E-state index contributed by atoms with van der Waals surface area (Å²) in [5.74, 6) is 1.15. The quantitative estimate of drug-likeness (QED) is 0.498. The number of hydrogen-bond donors (Lipinski definition) is 1. The number of aliphatic hydroxyl groups is 1. The summed E-state index contributed by atoms with van der Waals surface area (Å²) >= 11 is 0. The van der Waals surface area contributed by atoms with E-state index in [0.717, 1.165) is 38.2 Å². The van der Waals surface area contributed by atoms with Crippen molar-refractivity contribution in [2.75, 3.05) is 13.1 Å². The summed E-state index contributed by atoms with van der Waals surface area (Å²) in [5.41, 5.74) is 0. The average Bonchev–Trinajstić information content (AvgIpc) is 2.94. The van der Waals surface area contributed by atoms with Crippen LogP contribution < -0.4 is 0 Å². The lowest BCUT2D eigenvalue weighted by molar-refractivity contribution is 0.0507. The number of unbranched alkanes of at least 4 members (excludes halogenated alkanes) is 8. The first-order valence-corrected chi connectivity index (χ1v) is 9.27. The molecule has 0 saturated carbocycles. The third-order valence-electron chi connectivity index (χ3n) is 4.38. The molecule has 0 aromatic rings. The maximum Gasteiger partial charge on any atom is 0.127 e. The predicted molar refractivity (Wildman–Crippen MR) is 91.8 cm³/mol. The molecule has 3 nitrogen and oxygen atoms in total. The van der Waals surface area contributed by atoms with Gasteiger partial charge in [0.2, 0.25) is 0 Å². The lowest BCUT2D eigenvalue weighted by Gasteiger charge is -2.26. The van der Waals surface area contributed by atoms with Gasteiger partial charge >= 0.3 is 0 Å². The Morgan fingerprint density at radius 3 is 2.19 bits per heavy atom. The van der Waals surface area contributed by atoms with Crippen molar-refractivity contribution >= 4 is 5.84 Å². The molecule has 0 spiro atoms. The SMILES string of the molecule is CCCCCCCCCCCC1=NCCN1C(O)CCC. The minimum absolute atomic E-state index is 0.310. The van der Waals surface area contributed by atoms with E-state index in [1.54, 1.807) is 0 Å². The molecule has 1 heterocycles. The van der Waals surface area contributed by atoms with Gasteiger partial charge in [-0.05, 0) is 12.8 Å². The molecule has 0 amide bonds. The van der Waals surface area contributed by atoms with Crippen LogP contribution in [0.2, 0.25) is 0 Å². The molecule has 21 heavy (non-hydrogen) atoms. The van der Waals surface area contributed by atoms with Gasteiger partial charge in [-0.3, -0.25) is 4.99 Å². The topological polar surface area (TPSA) is 35.8 Å². The molecule has 1 atom stereocenters. The molecule has 0 aromatic carbocycles. The van der Waals surface area contributed by atoms with Crippen molar-refractivity contribution in [3.63, 3.8) is 0 Å². The zero-order chi connectivity index (χ0) is 15.3. The van der Waals surface area contributed by atoms with Crippen LogP contribution in [-0.4, -0.2) is 35.2 Å². The van der Waals surface area contributed by atoms with Gasteiger partial charge in [0.1, 0.15) is 12.1 Å². The summed E-state index contributed by atoms with van der Waals surface area (Å²) in [5, 5.41) is 10.1. The van der Waals surface area contributed by atoms with E-state index < -0.39 is 0 Å². The zero-order valence-corrected chi connectivity index (χ0v) is 14.3. The van der Waals surface area contributed by atoms with Crippen molar-refractivity contribution in [1.29, 1.82) is 0 Å². The summed E-state index contributed by atoms with van der Waals surface area (Å²) in [4.78, 5) is 6.69. The molecule has 0 radical (unpaired) electrons. The Balaban J connectivity index is 2.01. The van der Waals surface area contributed by atoms with E-state index in [9.17, 15) is 5.11 Å². The molecule has 1 rings (SSSR count). The number of aliphatic hydroxyl groups excluding tert-OH is 1. The highest BCUT2D eigenvalue weighted by Crippen LogP contribution is 2.16. The maximum atomic E-state index is 10.1. The average molecular weight is 296 g/mol. The van der Waals surface area contributed by atoms with Gasteiger partial charge in [0.15, 0.2) is 0 Å². The monoisotopic (exact) mass is 296 g/mol. The second-order valence-electron chi connectivity index (χ2n) is 6.34. The van der Waals surface area contributed by atoms with Crippen molar-refractivity contribution < 1.29 is 5.11 Å². The highest BCUT2D eigenvalue weighted by atomic mass is 16.3. The lowest BCUT2D eigenvalue weighted by atomic mass is 10.1. The van der Waals surface area contributed by atoms with Gasteiger partial charge < -0.3 is 10.0 Å². The van der Waals surface area contributed by atoms with Gasteiger partial charge in [0.05, 0.1) is 6.54 Å². The van der Waals surface area contributed by atoms with E-state index in [-0.39, 0.29) is 6.23 Å². The van der Waals surface area contributed by atoms with Crippen molar-refractivity contribution in [3.05, 3.63) is 0 Å². The summed E-state index contributed by atoms with van der Waals surface area (Å²) in [6.07, 6.45) is 14.9. The number of hydrogen-bond acceptors (Lipinski definition) is 3. The van der Waals surface area contributed by atoms with Gasteiger partial charge in [-0.2, -0.15) is 0 Å². The smallest absolute Gasteiger partial charge is 0.127 e. The number of nitrogens with zero attached hydrogens (tertiary/aromatic N) is 2. The predicted octanol–water partition coefficient (Wildman–Crippen LogP) is 4.74. The van der Waals surface area contributed by atoms with Gasteiger partial charge in [-0.1, -0.05) is 71.6 Å². The second kappa shape index (κ2) is 12.0. The Morgan fingerprint density at radius 2 is 1.57 bits per heavy atom. The van der Waals surface area contributed by atoms with E-state index >= 15 is 0 Å². The highest BCUT2D eigenvalue weighted by Gasteiger charge is 2.22. The van der Waals surface area contributed by atoms with Crippen LogP contribution in [0.1, 0.15) is 90.9 Å². The second-order valence-corrected chi connectivity index (χ2v) is 6.34. The first-order valence-electron chi connectivity index (χ1n) is 9.27. The van der Waals surface area contributed by atoms with Crippen LogP contribution in [0.5, 0.6) is 0 Å². The van der Waals surface area contributed by atoms with E-state index in [0.29, 0.717) is 0 Å². The van der Waals surface area contributed by atoms with Crippen LogP contribution in [0.15, 0.2) is 4.99 Å². The van der Waals surface area contributed by atoms with Gasteiger partial charge in [0.25, 0.3) is 0 Å². The van der Waals surface area contributed by atoms with Crippen LogP contribution in [0, 0.1) is 0 Å².